The quantitative estimate of drug-likeness (QED) is 0.549. The van der Waals surface area contributed by atoms with Crippen molar-refractivity contribution in [2.75, 3.05) is 6.61 Å². The summed E-state index contributed by atoms with van der Waals surface area (Å²) >= 11 is 6.09. The number of amides is 4. The summed E-state index contributed by atoms with van der Waals surface area (Å²) in [5, 5.41) is 7.71. The Morgan fingerprint density at radius 2 is 1.59 bits per heavy atom. The fourth-order valence-corrected chi connectivity index (χ4v) is 2.95. The Morgan fingerprint density at radius 1 is 0.969 bits per heavy atom. The lowest BCUT2D eigenvalue weighted by atomic mass is 10.0. The van der Waals surface area contributed by atoms with Crippen LogP contribution in [-0.2, 0) is 14.3 Å². The van der Waals surface area contributed by atoms with Gasteiger partial charge in [0.15, 0.2) is 6.61 Å². The van der Waals surface area contributed by atoms with E-state index in [2.05, 4.69) is 16.0 Å². The van der Waals surface area contributed by atoms with Gasteiger partial charge in [0.2, 0.25) is 0 Å². The van der Waals surface area contributed by atoms with E-state index >= 15 is 0 Å². The highest BCUT2D eigenvalue weighted by Gasteiger charge is 2.22. The Kier molecular flexibility index (Phi) is 8.78. The highest BCUT2D eigenvalue weighted by atomic mass is 35.5. The zero-order valence-corrected chi connectivity index (χ0v) is 18.9. The number of benzene rings is 2. The Balaban J connectivity index is 1.98. The molecule has 0 bridgehead atoms. The van der Waals surface area contributed by atoms with Crippen LogP contribution in [0.3, 0.4) is 0 Å². The van der Waals surface area contributed by atoms with Crippen molar-refractivity contribution in [3.63, 3.8) is 0 Å². The third-order valence-corrected chi connectivity index (χ3v) is 4.43. The van der Waals surface area contributed by atoms with Crippen molar-refractivity contribution in [3.8, 4) is 0 Å². The molecule has 0 aliphatic heterocycles. The molecule has 0 aliphatic rings. The molecule has 4 amide bonds. The van der Waals surface area contributed by atoms with E-state index in [0.29, 0.717) is 5.56 Å². The maximum Gasteiger partial charge on any atom is 0.321 e. The van der Waals surface area contributed by atoms with E-state index in [1.165, 1.54) is 0 Å². The van der Waals surface area contributed by atoms with Gasteiger partial charge in [0.05, 0.1) is 23.0 Å². The average Bonchev–Trinajstić information content (AvgIpc) is 2.71. The van der Waals surface area contributed by atoms with E-state index in [1.54, 1.807) is 69.3 Å². The summed E-state index contributed by atoms with van der Waals surface area (Å²) in [5.41, 5.74) is 0.427. The van der Waals surface area contributed by atoms with Gasteiger partial charge in [0.25, 0.3) is 11.8 Å². The van der Waals surface area contributed by atoms with Gasteiger partial charge in [-0.25, -0.2) is 4.79 Å². The molecule has 3 N–H and O–H groups in total. The highest BCUT2D eigenvalue weighted by molar-refractivity contribution is 6.33. The summed E-state index contributed by atoms with van der Waals surface area (Å²) in [6.45, 7) is 4.66. The molecule has 0 fully saturated rings. The monoisotopic (exact) mass is 459 g/mol. The molecule has 0 heterocycles. The molecule has 0 radical (unpaired) electrons. The van der Waals surface area contributed by atoms with Crippen molar-refractivity contribution in [2.45, 2.75) is 38.8 Å². The maximum absolute atomic E-state index is 12.7. The van der Waals surface area contributed by atoms with Gasteiger partial charge in [0.1, 0.15) is 0 Å². The van der Waals surface area contributed by atoms with Gasteiger partial charge in [-0.2, -0.15) is 0 Å². The third kappa shape index (κ3) is 8.39. The molecular formula is C23H26ClN3O5. The van der Waals surface area contributed by atoms with Gasteiger partial charge >= 0.3 is 12.0 Å². The summed E-state index contributed by atoms with van der Waals surface area (Å²) in [5.74, 6) is -1.94. The van der Waals surface area contributed by atoms with Gasteiger partial charge < -0.3 is 15.4 Å². The fourth-order valence-electron chi connectivity index (χ4n) is 2.73. The first-order valence-corrected chi connectivity index (χ1v) is 10.3. The van der Waals surface area contributed by atoms with E-state index in [4.69, 9.17) is 16.3 Å². The van der Waals surface area contributed by atoms with E-state index in [0.717, 1.165) is 0 Å². The first-order valence-electron chi connectivity index (χ1n) is 9.93. The number of esters is 1. The van der Waals surface area contributed by atoms with Gasteiger partial charge in [-0.05, 0) is 38.5 Å². The van der Waals surface area contributed by atoms with Crippen molar-refractivity contribution >= 4 is 35.4 Å². The van der Waals surface area contributed by atoms with Crippen LogP contribution in [-0.4, -0.2) is 36.0 Å². The predicted molar refractivity (Wildman–Crippen MR) is 120 cm³/mol. The van der Waals surface area contributed by atoms with Crippen LogP contribution in [0.15, 0.2) is 54.6 Å². The number of hydrogen-bond acceptors (Lipinski definition) is 5. The second kappa shape index (κ2) is 11.3. The summed E-state index contributed by atoms with van der Waals surface area (Å²) in [7, 11) is 0. The number of rotatable bonds is 7. The minimum absolute atomic E-state index is 0.221. The van der Waals surface area contributed by atoms with Crippen molar-refractivity contribution < 1.29 is 23.9 Å². The van der Waals surface area contributed by atoms with Crippen LogP contribution in [0.4, 0.5) is 4.79 Å². The molecule has 0 saturated heterocycles. The number of imide groups is 1. The van der Waals surface area contributed by atoms with Crippen LogP contribution in [0.1, 0.15) is 49.2 Å². The first kappa shape index (κ1) is 24.9. The SMILES string of the molecule is CC(C)(C)NC(=O)NC(=O)COC(=O)C[C@@H](NC(=O)c1ccccc1Cl)c1ccccc1. The number of ether oxygens (including phenoxy) is 1. The zero-order chi connectivity index (χ0) is 23.7. The number of halogens is 1. The molecule has 0 aromatic heterocycles. The average molecular weight is 460 g/mol. The Bertz CT molecular complexity index is 973. The molecule has 2 aromatic rings. The fraction of sp³-hybridized carbons (Fsp3) is 0.304. The van der Waals surface area contributed by atoms with Crippen LogP contribution >= 0.6 is 11.6 Å². The number of carbonyl (C=O) groups is 4. The molecule has 2 rings (SSSR count). The first-order chi connectivity index (χ1) is 15.0. The topological polar surface area (TPSA) is 114 Å². The minimum Gasteiger partial charge on any atom is -0.455 e. The molecule has 0 saturated carbocycles. The lowest BCUT2D eigenvalue weighted by molar-refractivity contribution is -0.148. The van der Waals surface area contributed by atoms with Crippen LogP contribution in [0, 0.1) is 0 Å². The summed E-state index contributed by atoms with van der Waals surface area (Å²) in [4.78, 5) is 48.6. The highest BCUT2D eigenvalue weighted by Crippen LogP contribution is 2.20. The van der Waals surface area contributed by atoms with Crippen LogP contribution in [0.25, 0.3) is 0 Å². The molecule has 8 nitrogen and oxygen atoms in total. The Hall–Kier alpha value is -3.39. The lowest BCUT2D eigenvalue weighted by Crippen LogP contribution is -2.49. The molecule has 0 spiro atoms. The minimum atomic E-state index is -0.767. The molecular weight excluding hydrogens is 434 g/mol. The van der Waals surface area contributed by atoms with E-state index in [1.807, 2.05) is 6.07 Å². The molecule has 0 aliphatic carbocycles. The number of urea groups is 1. The van der Waals surface area contributed by atoms with Crippen LogP contribution < -0.4 is 16.0 Å². The van der Waals surface area contributed by atoms with Crippen molar-refractivity contribution in [1.29, 1.82) is 0 Å². The summed E-state index contributed by atoms with van der Waals surface area (Å²) in [6.07, 6.45) is -0.221. The van der Waals surface area contributed by atoms with Crippen molar-refractivity contribution in [3.05, 3.63) is 70.7 Å². The number of hydrogen-bond donors (Lipinski definition) is 3. The zero-order valence-electron chi connectivity index (χ0n) is 18.1. The largest absolute Gasteiger partial charge is 0.455 e. The normalized spacial score (nSPS) is 11.8. The molecule has 0 unspecified atom stereocenters. The second-order valence-corrected chi connectivity index (χ2v) is 8.44. The van der Waals surface area contributed by atoms with Gasteiger partial charge in [-0.15, -0.1) is 0 Å². The van der Waals surface area contributed by atoms with E-state index < -0.39 is 42.0 Å². The predicted octanol–water partition coefficient (Wildman–Crippen LogP) is 3.37. The molecule has 9 heteroatoms. The van der Waals surface area contributed by atoms with Crippen molar-refractivity contribution in [2.24, 2.45) is 0 Å². The number of nitrogens with one attached hydrogen (secondary N) is 3. The van der Waals surface area contributed by atoms with Crippen LogP contribution in [0.2, 0.25) is 5.02 Å². The molecule has 2 aromatic carbocycles. The lowest BCUT2D eigenvalue weighted by Gasteiger charge is -2.20. The van der Waals surface area contributed by atoms with E-state index in [9.17, 15) is 19.2 Å². The molecule has 1 atom stereocenters. The Labute approximate surface area is 191 Å². The van der Waals surface area contributed by atoms with Gasteiger partial charge in [-0.3, -0.25) is 19.7 Å². The Morgan fingerprint density at radius 3 is 2.22 bits per heavy atom. The van der Waals surface area contributed by atoms with Crippen LogP contribution in [0.5, 0.6) is 0 Å². The second-order valence-electron chi connectivity index (χ2n) is 8.03. The molecule has 32 heavy (non-hydrogen) atoms. The summed E-state index contributed by atoms with van der Waals surface area (Å²) in [6, 6.07) is 14.0. The van der Waals surface area contributed by atoms with Crippen molar-refractivity contribution in [1.82, 2.24) is 16.0 Å². The third-order valence-electron chi connectivity index (χ3n) is 4.10. The smallest absolute Gasteiger partial charge is 0.321 e. The standard InChI is InChI=1S/C23H26ClN3O5/c1-23(2,3)27-22(31)26-19(28)14-32-20(29)13-18(15-9-5-4-6-10-15)25-21(30)16-11-7-8-12-17(16)24/h4-12,18H,13-14H2,1-3H3,(H,25,30)(H2,26,27,28,31)/t18-/m1/s1. The van der Waals surface area contributed by atoms with Gasteiger partial charge in [0, 0.05) is 5.54 Å². The number of carbonyl (C=O) groups excluding carboxylic acids is 4. The molecule has 170 valence electrons. The maximum atomic E-state index is 12.7. The van der Waals surface area contributed by atoms with E-state index in [-0.39, 0.29) is 17.0 Å². The summed E-state index contributed by atoms with van der Waals surface area (Å²) < 4.78 is 4.99. The van der Waals surface area contributed by atoms with Gasteiger partial charge in [-0.1, -0.05) is 54.1 Å².